The molecule has 2 fully saturated rings. The van der Waals surface area contributed by atoms with E-state index in [-0.39, 0.29) is 12.2 Å². The van der Waals surface area contributed by atoms with Gasteiger partial charge in [0.05, 0.1) is 6.10 Å². The Bertz CT molecular complexity index is 815. The van der Waals surface area contributed by atoms with Crippen LogP contribution in [0.4, 0.5) is 13.2 Å². The van der Waals surface area contributed by atoms with Crippen molar-refractivity contribution in [2.75, 3.05) is 13.1 Å². The number of carbonyl (C=O) groups is 1. The van der Waals surface area contributed by atoms with Gasteiger partial charge >= 0.3 is 12.1 Å². The molecule has 0 bridgehead atoms. The monoisotopic (exact) mass is 414 g/mol. The normalized spacial score (nSPS) is 24.5. The molecule has 0 amide bonds. The lowest BCUT2D eigenvalue weighted by Gasteiger charge is -2.33. The Morgan fingerprint density at radius 1 is 1.41 bits per heavy atom. The first-order chi connectivity index (χ1) is 13.7. The molecule has 0 aromatic carbocycles. The fraction of sp³-hybridized carbons (Fsp3) is 0.556. The van der Waals surface area contributed by atoms with E-state index < -0.39 is 12.1 Å². The van der Waals surface area contributed by atoms with Crippen LogP contribution in [0.5, 0.6) is 0 Å². The number of rotatable bonds is 3. The van der Waals surface area contributed by atoms with E-state index in [9.17, 15) is 13.2 Å². The van der Waals surface area contributed by atoms with Crippen molar-refractivity contribution in [2.45, 2.75) is 44.7 Å². The number of likely N-dealkylation sites (tertiary alicyclic amines) is 1. The van der Waals surface area contributed by atoms with Crippen LogP contribution in [0.25, 0.3) is 0 Å². The quantitative estimate of drug-likeness (QED) is 0.818. The molecule has 3 atom stereocenters. The third kappa shape index (κ3) is 5.73. The summed E-state index contributed by atoms with van der Waals surface area (Å²) < 4.78 is 43.2. The highest BCUT2D eigenvalue weighted by Gasteiger charge is 2.41. The highest BCUT2D eigenvalue weighted by Crippen LogP contribution is 2.40. The number of carboxylic acid groups (broad SMARTS) is 1. The van der Waals surface area contributed by atoms with E-state index in [1.807, 2.05) is 25.4 Å². The van der Waals surface area contributed by atoms with Crippen molar-refractivity contribution in [1.29, 1.82) is 0 Å². The first-order valence-electron chi connectivity index (χ1n) is 9.09. The van der Waals surface area contributed by atoms with Gasteiger partial charge in [0.1, 0.15) is 6.10 Å². The number of carboxylic acids is 1. The second-order valence-electron chi connectivity index (χ2n) is 7.03. The number of ether oxygens (including phenoxy) is 1. The number of nitrogens with zero attached hydrogens (tertiary/aromatic N) is 4. The Hall–Kier alpha value is -2.53. The van der Waals surface area contributed by atoms with Gasteiger partial charge in [-0.2, -0.15) is 18.2 Å². The van der Waals surface area contributed by atoms with E-state index in [0.29, 0.717) is 17.6 Å². The van der Waals surface area contributed by atoms with Gasteiger partial charge in [-0.15, -0.1) is 0 Å². The molecule has 2 aromatic rings. The fourth-order valence-corrected chi connectivity index (χ4v) is 3.49. The van der Waals surface area contributed by atoms with Gasteiger partial charge in [0.15, 0.2) is 5.82 Å². The van der Waals surface area contributed by atoms with Crippen molar-refractivity contribution in [3.63, 3.8) is 0 Å². The van der Waals surface area contributed by atoms with Gasteiger partial charge in [0, 0.05) is 25.5 Å². The van der Waals surface area contributed by atoms with Gasteiger partial charge in [0.25, 0.3) is 5.89 Å². The summed E-state index contributed by atoms with van der Waals surface area (Å²) in [6.45, 7) is 4.84. The molecule has 0 spiro atoms. The van der Waals surface area contributed by atoms with Gasteiger partial charge in [0.2, 0.25) is 0 Å². The lowest BCUT2D eigenvalue weighted by atomic mass is 9.91. The molecule has 158 valence electrons. The fourth-order valence-electron chi connectivity index (χ4n) is 3.49. The number of hydrogen-bond acceptors (Lipinski definition) is 7. The van der Waals surface area contributed by atoms with Crippen LogP contribution in [-0.4, -0.2) is 56.5 Å². The number of halogens is 3. The molecule has 2 aliphatic heterocycles. The van der Waals surface area contributed by atoms with Crippen LogP contribution in [0.15, 0.2) is 29.0 Å². The van der Waals surface area contributed by atoms with E-state index >= 15 is 0 Å². The SMILES string of the molecule is Cc1noc([C@H]2C[C@@H]3CCN(Cc4cccnc4)C[C@H]3O2)n1.O=C(O)C(F)(F)F. The predicted molar refractivity (Wildman–Crippen MR) is 92.6 cm³/mol. The summed E-state index contributed by atoms with van der Waals surface area (Å²) >= 11 is 0. The number of aromatic nitrogens is 3. The molecule has 2 saturated heterocycles. The number of pyridine rings is 1. The molecule has 4 heterocycles. The Morgan fingerprint density at radius 2 is 2.17 bits per heavy atom. The van der Waals surface area contributed by atoms with Crippen LogP contribution in [0, 0.1) is 12.8 Å². The minimum absolute atomic E-state index is 0.0328. The van der Waals surface area contributed by atoms with Gasteiger partial charge in [-0.05, 0) is 43.9 Å². The molecule has 4 rings (SSSR count). The zero-order chi connectivity index (χ0) is 21.0. The van der Waals surface area contributed by atoms with Crippen LogP contribution in [0.3, 0.4) is 0 Å². The van der Waals surface area contributed by atoms with Gasteiger partial charge in [-0.25, -0.2) is 4.79 Å². The topological polar surface area (TPSA) is 102 Å². The Labute approximate surface area is 164 Å². The molecular formula is C18H21F3N4O4. The summed E-state index contributed by atoms with van der Waals surface area (Å²) in [5.41, 5.74) is 1.25. The van der Waals surface area contributed by atoms with Crippen LogP contribution < -0.4 is 0 Å². The smallest absolute Gasteiger partial charge is 0.475 e. The minimum Gasteiger partial charge on any atom is -0.475 e. The standard InChI is InChI=1S/C16H20N4O2.C2HF3O2/c1-11-18-16(22-19-11)14-7-13-4-6-20(10-15(13)21-14)9-12-3-2-5-17-8-12;3-2(4,5)1(6)7/h2-3,5,8,13-15H,4,6-7,9-10H2,1H3;(H,6,7)/t13-,14+,15+;/m0./s1. The summed E-state index contributed by atoms with van der Waals surface area (Å²) in [7, 11) is 0. The Balaban J connectivity index is 0.000000298. The van der Waals surface area contributed by atoms with Crippen LogP contribution in [0.1, 0.15) is 36.2 Å². The summed E-state index contributed by atoms with van der Waals surface area (Å²) in [6.07, 6.45) is 1.05. The molecule has 0 unspecified atom stereocenters. The second-order valence-corrected chi connectivity index (χ2v) is 7.03. The maximum absolute atomic E-state index is 10.6. The molecular weight excluding hydrogens is 393 g/mol. The van der Waals surface area contributed by atoms with E-state index in [2.05, 4.69) is 26.1 Å². The molecule has 2 aliphatic rings. The van der Waals surface area contributed by atoms with Crippen molar-refractivity contribution in [1.82, 2.24) is 20.0 Å². The van der Waals surface area contributed by atoms with Gasteiger partial charge in [-0.3, -0.25) is 9.88 Å². The van der Waals surface area contributed by atoms with E-state index in [1.54, 1.807) is 0 Å². The lowest BCUT2D eigenvalue weighted by Crippen LogP contribution is -2.41. The lowest BCUT2D eigenvalue weighted by molar-refractivity contribution is -0.192. The molecule has 0 aliphatic carbocycles. The number of fused-ring (bicyclic) bond motifs is 1. The minimum atomic E-state index is -5.08. The van der Waals surface area contributed by atoms with E-state index in [0.717, 1.165) is 32.5 Å². The zero-order valence-electron chi connectivity index (χ0n) is 15.7. The highest BCUT2D eigenvalue weighted by atomic mass is 19.4. The summed E-state index contributed by atoms with van der Waals surface area (Å²) in [5, 5.41) is 11.0. The average Bonchev–Trinajstić information content (AvgIpc) is 3.28. The van der Waals surface area contributed by atoms with Gasteiger partial charge < -0.3 is 14.4 Å². The molecule has 11 heteroatoms. The molecule has 0 saturated carbocycles. The van der Waals surface area contributed by atoms with E-state index in [1.165, 1.54) is 5.56 Å². The maximum atomic E-state index is 10.6. The van der Waals surface area contributed by atoms with Crippen molar-refractivity contribution < 1.29 is 32.3 Å². The first-order valence-corrected chi connectivity index (χ1v) is 9.09. The van der Waals surface area contributed by atoms with Crippen molar-refractivity contribution in [2.24, 2.45) is 5.92 Å². The number of hydrogen-bond donors (Lipinski definition) is 1. The molecule has 8 nitrogen and oxygen atoms in total. The van der Waals surface area contributed by atoms with Crippen molar-refractivity contribution in [3.8, 4) is 0 Å². The maximum Gasteiger partial charge on any atom is 0.490 e. The summed E-state index contributed by atoms with van der Waals surface area (Å²) in [4.78, 5) is 19.8. The zero-order valence-corrected chi connectivity index (χ0v) is 15.7. The molecule has 29 heavy (non-hydrogen) atoms. The molecule has 1 N–H and O–H groups in total. The van der Waals surface area contributed by atoms with E-state index in [4.69, 9.17) is 19.2 Å². The van der Waals surface area contributed by atoms with Crippen molar-refractivity contribution in [3.05, 3.63) is 41.8 Å². The number of aliphatic carboxylic acids is 1. The first kappa shape index (κ1) is 21.2. The van der Waals surface area contributed by atoms with Crippen molar-refractivity contribution >= 4 is 5.97 Å². The molecule has 2 aromatic heterocycles. The third-order valence-electron chi connectivity index (χ3n) is 4.83. The number of aryl methyl sites for hydroxylation is 1. The highest BCUT2D eigenvalue weighted by molar-refractivity contribution is 5.73. The van der Waals surface area contributed by atoms with Gasteiger partial charge in [-0.1, -0.05) is 11.2 Å². The van der Waals surface area contributed by atoms with Crippen LogP contribution >= 0.6 is 0 Å². The second kappa shape index (κ2) is 8.87. The van der Waals surface area contributed by atoms with Crippen LogP contribution in [-0.2, 0) is 16.1 Å². The largest absolute Gasteiger partial charge is 0.490 e. The summed E-state index contributed by atoms with van der Waals surface area (Å²) in [5.74, 6) is -0.854. The molecule has 0 radical (unpaired) electrons. The number of alkyl halides is 3. The van der Waals surface area contributed by atoms with Crippen LogP contribution in [0.2, 0.25) is 0 Å². The predicted octanol–water partition coefficient (Wildman–Crippen LogP) is 2.76. The average molecular weight is 414 g/mol. The Morgan fingerprint density at radius 3 is 2.76 bits per heavy atom. The third-order valence-corrected chi connectivity index (χ3v) is 4.83. The summed E-state index contributed by atoms with van der Waals surface area (Å²) in [6, 6.07) is 4.11. The Kier molecular flexibility index (Phi) is 6.48. The number of piperidine rings is 1.